The highest BCUT2D eigenvalue weighted by atomic mass is 16.7. The van der Waals surface area contributed by atoms with Crippen LogP contribution < -0.4 is 0 Å². The summed E-state index contributed by atoms with van der Waals surface area (Å²) in [5, 5.41) is 33.6. The molecule has 0 aromatic rings. The van der Waals surface area contributed by atoms with E-state index in [0.717, 1.165) is 38.5 Å². The molecule has 1 spiro atoms. The van der Waals surface area contributed by atoms with E-state index in [2.05, 4.69) is 41.5 Å². The van der Waals surface area contributed by atoms with Crippen molar-refractivity contribution in [3.05, 3.63) is 0 Å². The van der Waals surface area contributed by atoms with E-state index in [1.165, 1.54) is 14.0 Å². The number of hydrogen-bond donors (Lipinski definition) is 3. The lowest BCUT2D eigenvalue weighted by atomic mass is 9.71. The summed E-state index contributed by atoms with van der Waals surface area (Å²) in [6.07, 6.45) is 0.989. The van der Waals surface area contributed by atoms with Crippen molar-refractivity contribution in [2.45, 2.75) is 236 Å². The van der Waals surface area contributed by atoms with E-state index in [1.807, 2.05) is 13.8 Å². The van der Waals surface area contributed by atoms with Gasteiger partial charge in [0.15, 0.2) is 23.7 Å². The molecule has 376 valence electrons. The molecule has 0 aliphatic carbocycles. The fourth-order valence-corrected chi connectivity index (χ4v) is 13.3. The molecular weight excluding hydrogens is 845 g/mol. The van der Waals surface area contributed by atoms with Crippen LogP contribution in [0.25, 0.3) is 0 Å². The Kier molecular flexibility index (Phi) is 15.3. The standard InChI is InChI=1S/C49H84O16/c1-24-16-21-39(58-31(24)8)61-40-25(2)41(64-47(11,52)27(40)4)35-18-17-33(59-35)34-19-20-37(60-34)46(10)43(56-14)29(6)49(65-46)26(3)36(54-12)22-32(62-49)23-38-45(9,57-15)42(55-13)28(5)48(53,63-38)30(7)44(50)51/h24-43,52-53H,16-23H2,1-15H3,(H,50,51). The minimum atomic E-state index is -2.05. The zero-order chi connectivity index (χ0) is 47.8. The minimum absolute atomic E-state index is 0.0509. The first-order chi connectivity index (χ1) is 30.5. The third-order valence-electron chi connectivity index (χ3n) is 18.1. The Hall–Kier alpha value is -1.09. The fraction of sp³-hybridized carbons (Fsp3) is 0.980. The summed E-state index contributed by atoms with van der Waals surface area (Å²) >= 11 is 0. The zero-order valence-corrected chi connectivity index (χ0v) is 41.9. The molecule has 65 heavy (non-hydrogen) atoms. The van der Waals surface area contributed by atoms with Crippen LogP contribution in [-0.2, 0) is 61.6 Å². The van der Waals surface area contributed by atoms with Crippen LogP contribution in [-0.4, -0.2) is 158 Å². The highest BCUT2D eigenvalue weighted by Crippen LogP contribution is 2.57. The Morgan fingerprint density at radius 1 is 0.723 bits per heavy atom. The molecule has 3 N–H and O–H groups in total. The molecule has 16 heteroatoms. The largest absolute Gasteiger partial charge is 0.481 e. The fourth-order valence-electron chi connectivity index (χ4n) is 13.3. The van der Waals surface area contributed by atoms with Crippen molar-refractivity contribution in [3.8, 4) is 0 Å². The number of rotatable bonds is 13. The van der Waals surface area contributed by atoms with Crippen LogP contribution in [0.3, 0.4) is 0 Å². The maximum absolute atomic E-state index is 12.3. The first-order valence-electron chi connectivity index (χ1n) is 24.6. The van der Waals surface area contributed by atoms with Gasteiger partial charge in [-0.2, -0.15) is 0 Å². The summed E-state index contributed by atoms with van der Waals surface area (Å²) in [7, 11) is 6.50. The number of carboxylic acid groups (broad SMARTS) is 1. The molecule has 7 heterocycles. The quantitative estimate of drug-likeness (QED) is 0.200. The Labute approximate surface area is 387 Å². The van der Waals surface area contributed by atoms with Gasteiger partial charge in [0.25, 0.3) is 0 Å². The third kappa shape index (κ3) is 8.90. The summed E-state index contributed by atoms with van der Waals surface area (Å²) < 4.78 is 79.0. The summed E-state index contributed by atoms with van der Waals surface area (Å²) in [5.74, 6) is -8.17. The lowest BCUT2D eigenvalue weighted by Crippen LogP contribution is -2.70. The molecule has 7 aliphatic heterocycles. The van der Waals surface area contributed by atoms with Gasteiger partial charge in [-0.15, -0.1) is 0 Å². The maximum Gasteiger partial charge on any atom is 0.311 e. The average molecular weight is 929 g/mol. The summed E-state index contributed by atoms with van der Waals surface area (Å²) in [6.45, 7) is 21.4. The second kappa shape index (κ2) is 19.3. The molecule has 7 rings (SSSR count). The average Bonchev–Trinajstić information content (AvgIpc) is 4.01. The van der Waals surface area contributed by atoms with E-state index in [-0.39, 0.29) is 85.2 Å². The zero-order valence-electron chi connectivity index (χ0n) is 41.9. The number of hydrogen-bond acceptors (Lipinski definition) is 15. The molecule has 0 amide bonds. The molecule has 0 aromatic heterocycles. The molecule has 0 aromatic carbocycles. The number of carbonyl (C=O) groups is 1. The lowest BCUT2D eigenvalue weighted by Gasteiger charge is -2.57. The Morgan fingerprint density at radius 2 is 1.37 bits per heavy atom. The van der Waals surface area contributed by atoms with Crippen molar-refractivity contribution >= 4 is 5.97 Å². The van der Waals surface area contributed by atoms with E-state index in [0.29, 0.717) is 12.3 Å². The smallest absolute Gasteiger partial charge is 0.311 e. The first kappa shape index (κ1) is 51.8. The van der Waals surface area contributed by atoms with Gasteiger partial charge in [0.1, 0.15) is 17.1 Å². The minimum Gasteiger partial charge on any atom is -0.481 e. The summed E-state index contributed by atoms with van der Waals surface area (Å²) in [6, 6.07) is 0. The van der Waals surface area contributed by atoms with Crippen LogP contribution in [0.5, 0.6) is 0 Å². The van der Waals surface area contributed by atoms with Gasteiger partial charge < -0.3 is 72.2 Å². The van der Waals surface area contributed by atoms with Crippen molar-refractivity contribution in [2.75, 3.05) is 28.4 Å². The molecule has 7 aliphatic rings. The van der Waals surface area contributed by atoms with Gasteiger partial charge in [0, 0.05) is 70.9 Å². The molecule has 7 fully saturated rings. The topological polar surface area (TPSA) is 189 Å². The van der Waals surface area contributed by atoms with E-state index in [9.17, 15) is 20.1 Å². The highest BCUT2D eigenvalue weighted by Gasteiger charge is 2.69. The molecule has 25 unspecified atom stereocenters. The van der Waals surface area contributed by atoms with Crippen LogP contribution in [0.4, 0.5) is 0 Å². The molecule has 0 saturated carbocycles. The maximum atomic E-state index is 12.3. The molecule has 16 nitrogen and oxygen atoms in total. The van der Waals surface area contributed by atoms with Crippen molar-refractivity contribution in [3.63, 3.8) is 0 Å². The van der Waals surface area contributed by atoms with Crippen LogP contribution in [0.2, 0.25) is 0 Å². The first-order valence-corrected chi connectivity index (χ1v) is 24.6. The van der Waals surface area contributed by atoms with E-state index < -0.39 is 70.8 Å². The normalized spacial score (nSPS) is 54.6. The molecule has 25 atom stereocenters. The van der Waals surface area contributed by atoms with E-state index in [4.69, 9.17) is 56.8 Å². The van der Waals surface area contributed by atoms with Crippen LogP contribution in [0.15, 0.2) is 0 Å². The summed E-state index contributed by atoms with van der Waals surface area (Å²) in [5.41, 5.74) is -2.00. The number of aliphatic hydroxyl groups is 2. The highest BCUT2D eigenvalue weighted by molar-refractivity contribution is 5.70. The molecule has 0 bridgehead atoms. The van der Waals surface area contributed by atoms with Gasteiger partial charge in [-0.3, -0.25) is 4.79 Å². The van der Waals surface area contributed by atoms with Gasteiger partial charge in [-0.05, 0) is 79.1 Å². The van der Waals surface area contributed by atoms with E-state index in [1.54, 1.807) is 35.2 Å². The van der Waals surface area contributed by atoms with Crippen molar-refractivity contribution < 1.29 is 77.0 Å². The Balaban J connectivity index is 1.06. The van der Waals surface area contributed by atoms with Crippen molar-refractivity contribution in [2.24, 2.45) is 41.4 Å². The summed E-state index contributed by atoms with van der Waals surface area (Å²) in [4.78, 5) is 12.3. The lowest BCUT2D eigenvalue weighted by molar-refractivity contribution is -0.384. The predicted molar refractivity (Wildman–Crippen MR) is 235 cm³/mol. The third-order valence-corrected chi connectivity index (χ3v) is 18.1. The number of aliphatic carboxylic acids is 1. The van der Waals surface area contributed by atoms with Crippen LogP contribution in [0, 0.1) is 41.4 Å². The second-order valence-corrected chi connectivity index (χ2v) is 21.7. The molecule has 7 saturated heterocycles. The predicted octanol–water partition coefficient (Wildman–Crippen LogP) is 5.84. The van der Waals surface area contributed by atoms with Gasteiger partial charge in [0.05, 0.1) is 73.2 Å². The Morgan fingerprint density at radius 3 is 1.98 bits per heavy atom. The Bertz CT molecular complexity index is 1640. The molecular formula is C49H84O16. The van der Waals surface area contributed by atoms with Crippen molar-refractivity contribution in [1.29, 1.82) is 0 Å². The van der Waals surface area contributed by atoms with Crippen LogP contribution >= 0.6 is 0 Å². The van der Waals surface area contributed by atoms with Crippen LogP contribution in [0.1, 0.15) is 128 Å². The second-order valence-electron chi connectivity index (χ2n) is 21.7. The van der Waals surface area contributed by atoms with Gasteiger partial charge in [-0.1, -0.05) is 41.5 Å². The number of carboxylic acids is 1. The monoisotopic (exact) mass is 929 g/mol. The van der Waals surface area contributed by atoms with Gasteiger partial charge in [0.2, 0.25) is 0 Å². The van der Waals surface area contributed by atoms with Crippen molar-refractivity contribution in [1.82, 2.24) is 0 Å². The molecule has 0 radical (unpaired) electrons. The van der Waals surface area contributed by atoms with Gasteiger partial charge in [-0.25, -0.2) is 0 Å². The SMILES string of the molecule is COC1CC(CC2OC(O)(C(C)C(=O)O)C(C)C(OC)C2(C)OC)OC2(OC(C)(C3CCC(C4CCC(C5OC(C)(O)C(C)C(OC6CCC(C)C(C)O6)C5C)O4)O3)C(OC)C2C)C1C. The van der Waals surface area contributed by atoms with E-state index >= 15 is 0 Å². The number of methoxy groups -OCH3 is 4. The van der Waals surface area contributed by atoms with Gasteiger partial charge >= 0.3 is 5.97 Å². The number of ether oxygens (including phenoxy) is 12.